The van der Waals surface area contributed by atoms with Crippen LogP contribution in [0.2, 0.25) is 0 Å². The minimum Gasteiger partial charge on any atom is -0.489 e. The third-order valence-electron chi connectivity index (χ3n) is 6.42. The van der Waals surface area contributed by atoms with Gasteiger partial charge in [0.05, 0.1) is 0 Å². The molecule has 10 nitrogen and oxygen atoms in total. The third-order valence-corrected chi connectivity index (χ3v) is 6.42. The number of hydrogen-bond acceptors (Lipinski definition) is 6. The summed E-state index contributed by atoms with van der Waals surface area (Å²) in [5.41, 5.74) is 12.3. The minimum atomic E-state index is -0.461. The molecule has 0 aliphatic heterocycles. The number of hydrazine groups is 2. The highest BCUT2D eigenvalue weighted by Crippen LogP contribution is 2.15. The Balaban J connectivity index is 1.05. The van der Waals surface area contributed by atoms with Gasteiger partial charge in [0.1, 0.15) is 24.7 Å². The number of amides is 4. The van der Waals surface area contributed by atoms with Gasteiger partial charge in [0.2, 0.25) is 11.8 Å². The SMILES string of the molecule is O=C(CCCCC(=O)NNC(=O)c1ccc(OCc2ccccc2)cc1)NNC(=O)c1ccc(OCc2ccccc2)cc1. The standard InChI is InChI=1S/C34H34N4O6/c39-31(35-37-33(41)27-15-19-29(20-16-27)43-23-25-9-3-1-4-10-25)13-7-8-14-32(40)36-38-34(42)28-17-21-30(22-18-28)44-24-26-11-5-2-6-12-26/h1-6,9-12,15-22H,7-8,13-14,23-24H2,(H,35,39)(H,36,40)(H,37,41)(H,38,42). The molecule has 4 aromatic rings. The van der Waals surface area contributed by atoms with Crippen molar-refractivity contribution in [2.45, 2.75) is 38.9 Å². The van der Waals surface area contributed by atoms with Gasteiger partial charge >= 0.3 is 0 Å². The predicted molar refractivity (Wildman–Crippen MR) is 164 cm³/mol. The molecule has 0 bridgehead atoms. The highest BCUT2D eigenvalue weighted by atomic mass is 16.5. The average Bonchev–Trinajstić information content (AvgIpc) is 3.07. The number of carbonyl (C=O) groups excluding carboxylic acids is 4. The molecule has 4 aromatic carbocycles. The largest absolute Gasteiger partial charge is 0.489 e. The summed E-state index contributed by atoms with van der Waals surface area (Å²) in [6.45, 7) is 0.832. The lowest BCUT2D eigenvalue weighted by atomic mass is 10.2. The number of unbranched alkanes of at least 4 members (excludes halogenated alkanes) is 1. The van der Waals surface area contributed by atoms with Crippen LogP contribution >= 0.6 is 0 Å². The summed E-state index contributed by atoms with van der Waals surface area (Å²) in [5, 5.41) is 0. The van der Waals surface area contributed by atoms with Gasteiger partial charge < -0.3 is 9.47 Å². The van der Waals surface area contributed by atoms with Crippen LogP contribution in [0.25, 0.3) is 0 Å². The molecule has 0 radical (unpaired) electrons. The minimum absolute atomic E-state index is 0.116. The van der Waals surface area contributed by atoms with E-state index in [0.29, 0.717) is 48.7 Å². The molecule has 0 heterocycles. The van der Waals surface area contributed by atoms with Crippen molar-refractivity contribution in [3.8, 4) is 11.5 Å². The molecular weight excluding hydrogens is 560 g/mol. The zero-order chi connectivity index (χ0) is 31.0. The first kappa shape index (κ1) is 31.3. The molecule has 0 unspecified atom stereocenters. The molecule has 0 atom stereocenters. The number of ether oxygens (including phenoxy) is 2. The summed E-state index contributed by atoms with van der Waals surface area (Å²) in [7, 11) is 0. The third kappa shape index (κ3) is 10.6. The van der Waals surface area contributed by atoms with Crippen molar-refractivity contribution in [3.63, 3.8) is 0 Å². The molecule has 0 fully saturated rings. The van der Waals surface area contributed by atoms with Crippen molar-refractivity contribution in [1.82, 2.24) is 21.7 Å². The summed E-state index contributed by atoms with van der Waals surface area (Å²) in [6, 6.07) is 32.6. The Labute approximate surface area is 255 Å². The second-order valence-electron chi connectivity index (χ2n) is 9.81. The molecule has 0 saturated heterocycles. The summed E-state index contributed by atoms with van der Waals surface area (Å²) in [6.07, 6.45) is 1.07. The average molecular weight is 595 g/mol. The van der Waals surface area contributed by atoms with Crippen LogP contribution in [0.3, 0.4) is 0 Å². The first-order valence-electron chi connectivity index (χ1n) is 14.2. The van der Waals surface area contributed by atoms with E-state index in [1.54, 1.807) is 48.5 Å². The van der Waals surface area contributed by atoms with Gasteiger partial charge in [-0.2, -0.15) is 0 Å². The van der Waals surface area contributed by atoms with Gasteiger partial charge in [-0.1, -0.05) is 60.7 Å². The van der Waals surface area contributed by atoms with Gasteiger partial charge in [-0.05, 0) is 72.5 Å². The fraction of sp³-hybridized carbons (Fsp3) is 0.176. The molecule has 4 rings (SSSR count). The maximum atomic E-state index is 12.3. The van der Waals surface area contributed by atoms with Gasteiger partial charge in [-0.3, -0.25) is 40.9 Å². The molecule has 4 amide bonds. The fourth-order valence-electron chi connectivity index (χ4n) is 3.98. The van der Waals surface area contributed by atoms with E-state index < -0.39 is 11.8 Å². The number of carbonyl (C=O) groups is 4. The topological polar surface area (TPSA) is 135 Å². The Kier molecular flexibility index (Phi) is 11.9. The fourth-order valence-corrected chi connectivity index (χ4v) is 3.98. The number of nitrogens with one attached hydrogen (secondary N) is 4. The summed E-state index contributed by atoms with van der Waals surface area (Å²) < 4.78 is 11.4. The lowest BCUT2D eigenvalue weighted by molar-refractivity contribution is -0.123. The maximum Gasteiger partial charge on any atom is 0.269 e. The maximum absolute atomic E-state index is 12.3. The van der Waals surface area contributed by atoms with Crippen molar-refractivity contribution in [2.24, 2.45) is 0 Å². The zero-order valence-corrected chi connectivity index (χ0v) is 24.1. The van der Waals surface area contributed by atoms with Crippen LogP contribution < -0.4 is 31.2 Å². The molecule has 0 saturated carbocycles. The number of benzene rings is 4. The van der Waals surface area contributed by atoms with Gasteiger partial charge in [0.25, 0.3) is 11.8 Å². The Bertz CT molecular complexity index is 1390. The molecule has 44 heavy (non-hydrogen) atoms. The van der Waals surface area contributed by atoms with E-state index in [4.69, 9.17) is 9.47 Å². The number of rotatable bonds is 13. The molecule has 0 aliphatic carbocycles. The highest BCUT2D eigenvalue weighted by Gasteiger charge is 2.10. The zero-order valence-electron chi connectivity index (χ0n) is 24.1. The van der Waals surface area contributed by atoms with Crippen molar-refractivity contribution in [2.75, 3.05) is 0 Å². The summed E-state index contributed by atoms with van der Waals surface area (Å²) in [4.78, 5) is 48.8. The molecule has 4 N–H and O–H groups in total. The Morgan fingerprint density at radius 2 is 0.818 bits per heavy atom. The lowest BCUT2D eigenvalue weighted by Crippen LogP contribution is -2.42. The van der Waals surface area contributed by atoms with Crippen LogP contribution in [-0.2, 0) is 22.8 Å². The van der Waals surface area contributed by atoms with Gasteiger partial charge in [0.15, 0.2) is 0 Å². The second-order valence-corrected chi connectivity index (χ2v) is 9.81. The van der Waals surface area contributed by atoms with Crippen LogP contribution in [0.15, 0.2) is 109 Å². The van der Waals surface area contributed by atoms with Crippen molar-refractivity contribution in [1.29, 1.82) is 0 Å². The van der Waals surface area contributed by atoms with E-state index in [9.17, 15) is 19.2 Å². The molecule has 10 heteroatoms. The van der Waals surface area contributed by atoms with Gasteiger partial charge in [-0.25, -0.2) is 0 Å². The van der Waals surface area contributed by atoms with E-state index in [1.165, 1.54) is 0 Å². The molecule has 0 aromatic heterocycles. The molecule has 0 aliphatic rings. The Morgan fingerprint density at radius 1 is 0.455 bits per heavy atom. The summed E-state index contributed by atoms with van der Waals surface area (Å²) in [5.74, 6) is -0.444. The van der Waals surface area contributed by atoms with Crippen LogP contribution in [-0.4, -0.2) is 23.6 Å². The van der Waals surface area contributed by atoms with E-state index in [2.05, 4.69) is 21.7 Å². The van der Waals surface area contributed by atoms with E-state index in [1.807, 2.05) is 60.7 Å². The molecule has 0 spiro atoms. The van der Waals surface area contributed by atoms with Crippen LogP contribution in [0.1, 0.15) is 57.5 Å². The Hall–Kier alpha value is -5.64. The van der Waals surface area contributed by atoms with Crippen LogP contribution in [0.4, 0.5) is 0 Å². The molecule has 226 valence electrons. The van der Waals surface area contributed by atoms with E-state index in [0.717, 1.165) is 11.1 Å². The monoisotopic (exact) mass is 594 g/mol. The van der Waals surface area contributed by atoms with Crippen molar-refractivity contribution in [3.05, 3.63) is 131 Å². The lowest BCUT2D eigenvalue weighted by Gasteiger charge is -2.10. The van der Waals surface area contributed by atoms with Crippen LogP contribution in [0, 0.1) is 0 Å². The molecular formula is C34H34N4O6. The smallest absolute Gasteiger partial charge is 0.269 e. The Morgan fingerprint density at radius 3 is 1.18 bits per heavy atom. The first-order valence-corrected chi connectivity index (χ1v) is 14.2. The highest BCUT2D eigenvalue weighted by molar-refractivity contribution is 5.96. The van der Waals surface area contributed by atoms with Crippen molar-refractivity contribution >= 4 is 23.6 Å². The predicted octanol–water partition coefficient (Wildman–Crippen LogP) is 4.63. The quantitative estimate of drug-likeness (QED) is 0.132. The normalized spacial score (nSPS) is 10.3. The second kappa shape index (κ2) is 16.7. The van der Waals surface area contributed by atoms with E-state index in [-0.39, 0.29) is 24.7 Å². The number of hydrogen-bond donors (Lipinski definition) is 4. The first-order chi connectivity index (χ1) is 21.5. The van der Waals surface area contributed by atoms with Crippen molar-refractivity contribution < 1.29 is 28.7 Å². The van der Waals surface area contributed by atoms with Gasteiger partial charge in [-0.15, -0.1) is 0 Å². The van der Waals surface area contributed by atoms with Gasteiger partial charge in [0, 0.05) is 24.0 Å². The van der Waals surface area contributed by atoms with Crippen LogP contribution in [0.5, 0.6) is 11.5 Å². The summed E-state index contributed by atoms with van der Waals surface area (Å²) >= 11 is 0. The van der Waals surface area contributed by atoms with E-state index >= 15 is 0 Å².